The third-order valence-electron chi connectivity index (χ3n) is 4.26. The number of furan rings is 1. The van der Waals surface area contributed by atoms with Gasteiger partial charge in [-0.3, -0.25) is 9.59 Å². The van der Waals surface area contributed by atoms with Gasteiger partial charge < -0.3 is 15.5 Å². The number of nitrogens with one attached hydrogen (secondary N) is 1. The van der Waals surface area contributed by atoms with Gasteiger partial charge in [-0.25, -0.2) is 0 Å². The fraction of sp³-hybridized carbons (Fsp3) is 0.190. The summed E-state index contributed by atoms with van der Waals surface area (Å²) in [5, 5.41) is 12.1. The maximum atomic E-state index is 12.8. The van der Waals surface area contributed by atoms with E-state index in [1.807, 2.05) is 42.5 Å². The summed E-state index contributed by atoms with van der Waals surface area (Å²) in [7, 11) is 0. The molecule has 0 spiro atoms. The van der Waals surface area contributed by atoms with E-state index < -0.39 is 11.8 Å². The molecule has 0 aliphatic carbocycles. The summed E-state index contributed by atoms with van der Waals surface area (Å²) >= 11 is 1.57. The Morgan fingerprint density at radius 1 is 1.14 bits per heavy atom. The fourth-order valence-corrected chi connectivity index (χ4v) is 4.10. The van der Waals surface area contributed by atoms with Crippen molar-refractivity contribution in [1.82, 2.24) is 5.32 Å². The van der Waals surface area contributed by atoms with E-state index in [1.165, 1.54) is 0 Å². The van der Waals surface area contributed by atoms with Crippen molar-refractivity contribution in [3.05, 3.63) is 71.5 Å². The number of hydrogen-bond acceptors (Lipinski definition) is 5. The molecule has 1 atom stereocenters. The van der Waals surface area contributed by atoms with E-state index in [1.54, 1.807) is 30.0 Å². The lowest BCUT2D eigenvalue weighted by atomic mass is 9.96. The maximum absolute atomic E-state index is 12.8. The Morgan fingerprint density at radius 2 is 1.86 bits per heavy atom. The number of para-hydroxylation sites is 1. The second kappa shape index (κ2) is 9.11. The molecular weight excluding hydrogens is 374 g/mol. The minimum atomic E-state index is -0.725. The summed E-state index contributed by atoms with van der Waals surface area (Å²) < 4.78 is 5.63. The van der Waals surface area contributed by atoms with Crippen molar-refractivity contribution in [2.45, 2.75) is 11.7 Å². The summed E-state index contributed by atoms with van der Waals surface area (Å²) in [6, 6.07) is 18.9. The number of nitrogens with two attached hydrogens (primary N) is 1. The lowest BCUT2D eigenvalue weighted by Gasteiger charge is -2.16. The standard InChI is InChI=1S/C21H19N3O3S/c22-10-11-24-21(26)16(13-28-12-14-6-2-1-3-7-14)18-15-8-4-5-9-17(15)27-19(18)20(23)25/h1-9,16H,11-13H2,(H2,23,25)(H,24,26). The van der Waals surface area contributed by atoms with Gasteiger partial charge in [-0.2, -0.15) is 17.0 Å². The number of rotatable bonds is 8. The molecular formula is C21H19N3O3S. The van der Waals surface area contributed by atoms with Crippen LogP contribution in [0.25, 0.3) is 11.0 Å². The Morgan fingerprint density at radius 3 is 2.57 bits per heavy atom. The van der Waals surface area contributed by atoms with Crippen molar-refractivity contribution in [3.63, 3.8) is 0 Å². The topological polar surface area (TPSA) is 109 Å². The van der Waals surface area contributed by atoms with E-state index in [2.05, 4.69) is 5.32 Å². The zero-order valence-electron chi connectivity index (χ0n) is 15.1. The zero-order valence-corrected chi connectivity index (χ0v) is 15.9. The van der Waals surface area contributed by atoms with Crippen LogP contribution < -0.4 is 11.1 Å². The average molecular weight is 393 g/mol. The molecule has 1 unspecified atom stereocenters. The number of nitriles is 1. The quantitative estimate of drug-likeness (QED) is 0.571. The molecule has 6 nitrogen and oxygen atoms in total. The Hall–Kier alpha value is -3.24. The fourth-order valence-electron chi connectivity index (χ4n) is 3.00. The van der Waals surface area contributed by atoms with Crippen LogP contribution in [0.2, 0.25) is 0 Å². The van der Waals surface area contributed by atoms with Crippen LogP contribution in [0.15, 0.2) is 59.0 Å². The minimum Gasteiger partial charge on any atom is -0.451 e. The Kier molecular flexibility index (Phi) is 6.35. The highest BCUT2D eigenvalue weighted by molar-refractivity contribution is 7.98. The van der Waals surface area contributed by atoms with Gasteiger partial charge >= 0.3 is 0 Å². The van der Waals surface area contributed by atoms with Gasteiger partial charge in [-0.1, -0.05) is 48.5 Å². The number of benzene rings is 2. The highest BCUT2D eigenvalue weighted by atomic mass is 32.2. The molecule has 0 fully saturated rings. The number of carbonyl (C=O) groups excluding carboxylic acids is 2. The molecule has 0 aliphatic rings. The molecule has 7 heteroatoms. The van der Waals surface area contributed by atoms with Crippen LogP contribution in [0.4, 0.5) is 0 Å². The van der Waals surface area contributed by atoms with Crippen molar-refractivity contribution >= 4 is 34.5 Å². The van der Waals surface area contributed by atoms with Crippen LogP contribution in [-0.2, 0) is 10.5 Å². The molecule has 2 amide bonds. The normalized spacial score (nSPS) is 11.7. The maximum Gasteiger partial charge on any atom is 0.284 e. The van der Waals surface area contributed by atoms with E-state index in [0.717, 1.165) is 5.56 Å². The van der Waals surface area contributed by atoms with E-state index in [0.29, 0.717) is 28.0 Å². The molecule has 0 bridgehead atoms. The van der Waals surface area contributed by atoms with Crippen molar-refractivity contribution in [2.75, 3.05) is 12.3 Å². The van der Waals surface area contributed by atoms with Crippen LogP contribution in [0.5, 0.6) is 0 Å². The van der Waals surface area contributed by atoms with Crippen molar-refractivity contribution < 1.29 is 14.0 Å². The smallest absolute Gasteiger partial charge is 0.284 e. The first-order valence-electron chi connectivity index (χ1n) is 8.69. The van der Waals surface area contributed by atoms with Gasteiger partial charge in [0, 0.05) is 22.5 Å². The summed E-state index contributed by atoms with van der Waals surface area (Å²) in [6.07, 6.45) is 0. The molecule has 2 aromatic carbocycles. The van der Waals surface area contributed by atoms with Gasteiger partial charge in [0.05, 0.1) is 12.0 Å². The Bertz CT molecular complexity index is 1020. The van der Waals surface area contributed by atoms with E-state index in [4.69, 9.17) is 15.4 Å². The van der Waals surface area contributed by atoms with Crippen molar-refractivity contribution in [1.29, 1.82) is 5.26 Å². The largest absolute Gasteiger partial charge is 0.451 e. The first kappa shape index (κ1) is 19.5. The van der Waals surface area contributed by atoms with E-state index in [9.17, 15) is 9.59 Å². The van der Waals surface area contributed by atoms with Crippen LogP contribution in [0, 0.1) is 11.3 Å². The molecule has 0 aliphatic heterocycles. The summed E-state index contributed by atoms with van der Waals surface area (Å²) in [6.45, 7) is -0.111. The Labute approximate surface area is 166 Å². The second-order valence-corrected chi connectivity index (χ2v) is 7.16. The van der Waals surface area contributed by atoms with E-state index in [-0.39, 0.29) is 18.2 Å². The first-order valence-corrected chi connectivity index (χ1v) is 9.85. The molecule has 0 radical (unpaired) electrons. The number of thioether (sulfide) groups is 1. The number of hydrogen-bond donors (Lipinski definition) is 2. The first-order chi connectivity index (χ1) is 13.6. The van der Waals surface area contributed by atoms with Crippen LogP contribution in [-0.4, -0.2) is 24.1 Å². The lowest BCUT2D eigenvalue weighted by molar-refractivity contribution is -0.121. The molecule has 142 valence electrons. The molecule has 0 saturated heterocycles. The summed E-state index contributed by atoms with van der Waals surface area (Å²) in [5.74, 6) is -0.624. The molecule has 3 aromatic rings. The van der Waals surface area contributed by atoms with Gasteiger partial charge in [-0.15, -0.1) is 0 Å². The van der Waals surface area contributed by atoms with Gasteiger partial charge in [-0.05, 0) is 11.6 Å². The minimum absolute atomic E-state index is 0.0152. The van der Waals surface area contributed by atoms with Gasteiger partial charge in [0.2, 0.25) is 5.91 Å². The van der Waals surface area contributed by atoms with Crippen molar-refractivity contribution in [2.24, 2.45) is 5.73 Å². The zero-order chi connectivity index (χ0) is 19.9. The van der Waals surface area contributed by atoms with Crippen LogP contribution >= 0.6 is 11.8 Å². The predicted octanol–water partition coefficient (Wildman–Crippen LogP) is 3.19. The van der Waals surface area contributed by atoms with E-state index >= 15 is 0 Å². The second-order valence-electron chi connectivity index (χ2n) is 6.13. The molecule has 3 N–H and O–H groups in total. The monoisotopic (exact) mass is 393 g/mol. The Balaban J connectivity index is 1.93. The molecule has 0 saturated carbocycles. The van der Waals surface area contributed by atoms with Gasteiger partial charge in [0.15, 0.2) is 5.76 Å². The SMILES string of the molecule is N#CCNC(=O)C(CSCc1ccccc1)c1c(C(N)=O)oc2ccccc12. The van der Waals surface area contributed by atoms with Crippen molar-refractivity contribution in [3.8, 4) is 6.07 Å². The lowest BCUT2D eigenvalue weighted by Crippen LogP contribution is -2.32. The third kappa shape index (κ3) is 4.35. The third-order valence-corrected chi connectivity index (χ3v) is 5.37. The van der Waals surface area contributed by atoms with Crippen LogP contribution in [0.1, 0.15) is 27.6 Å². The van der Waals surface area contributed by atoms with Gasteiger partial charge in [0.25, 0.3) is 5.91 Å². The number of amides is 2. The predicted molar refractivity (Wildman–Crippen MR) is 109 cm³/mol. The number of nitrogens with zero attached hydrogens (tertiary/aromatic N) is 1. The van der Waals surface area contributed by atoms with Gasteiger partial charge in [0.1, 0.15) is 12.1 Å². The highest BCUT2D eigenvalue weighted by Crippen LogP contribution is 2.34. The summed E-state index contributed by atoms with van der Waals surface area (Å²) in [4.78, 5) is 24.8. The summed E-state index contributed by atoms with van der Waals surface area (Å²) in [5.41, 5.74) is 7.62. The molecule has 1 heterocycles. The average Bonchev–Trinajstić information content (AvgIpc) is 3.10. The molecule has 1 aromatic heterocycles. The number of carbonyl (C=O) groups is 2. The molecule has 3 rings (SSSR count). The number of primary amides is 1. The highest BCUT2D eigenvalue weighted by Gasteiger charge is 2.30. The number of fused-ring (bicyclic) bond motifs is 1. The van der Waals surface area contributed by atoms with Crippen LogP contribution in [0.3, 0.4) is 0 Å². The molecule has 28 heavy (non-hydrogen) atoms.